The van der Waals surface area contributed by atoms with Crippen molar-refractivity contribution < 1.29 is 14.1 Å². The molecule has 6 nitrogen and oxygen atoms in total. The van der Waals surface area contributed by atoms with E-state index in [4.69, 9.17) is 4.52 Å². The normalized spacial score (nSPS) is 17.3. The van der Waals surface area contributed by atoms with Gasteiger partial charge in [-0.1, -0.05) is 23.4 Å². The molecular formula is C16H17N3O3S. The smallest absolute Gasteiger partial charge is 0.255 e. The van der Waals surface area contributed by atoms with Crippen LogP contribution in [-0.2, 0) is 4.79 Å². The molecule has 1 aromatic carbocycles. The van der Waals surface area contributed by atoms with Crippen molar-refractivity contribution in [3.63, 3.8) is 0 Å². The van der Waals surface area contributed by atoms with Crippen molar-refractivity contribution in [1.82, 2.24) is 10.1 Å². The molecule has 1 N–H and O–H groups in total. The highest BCUT2D eigenvalue weighted by Gasteiger charge is 2.35. The molecule has 1 aromatic heterocycles. The highest BCUT2D eigenvalue weighted by Crippen LogP contribution is 2.26. The molecule has 3 rings (SSSR count). The lowest BCUT2D eigenvalue weighted by Crippen LogP contribution is -2.44. The van der Waals surface area contributed by atoms with Crippen LogP contribution in [0.15, 0.2) is 34.9 Å². The molecule has 23 heavy (non-hydrogen) atoms. The van der Waals surface area contributed by atoms with Crippen LogP contribution in [0.4, 0.5) is 5.69 Å². The van der Waals surface area contributed by atoms with Crippen LogP contribution < -0.4 is 5.32 Å². The van der Waals surface area contributed by atoms with Crippen LogP contribution in [0.3, 0.4) is 0 Å². The summed E-state index contributed by atoms with van der Waals surface area (Å²) in [6.07, 6.45) is 0. The van der Waals surface area contributed by atoms with Crippen molar-refractivity contribution in [2.45, 2.75) is 19.9 Å². The summed E-state index contributed by atoms with van der Waals surface area (Å²) in [6.45, 7) is 3.51. The third-order valence-electron chi connectivity index (χ3n) is 3.75. The van der Waals surface area contributed by atoms with Crippen LogP contribution in [0.5, 0.6) is 0 Å². The standard InChI is InChI=1S/C16H17N3O3S/c1-10-14(11(2)22-18-10)17-15(20)13-8-23-9-19(13)16(21)12-6-4-3-5-7-12/h3-7,13H,8-9H2,1-2H3,(H,17,20)/t13-/m0/s1. The van der Waals surface area contributed by atoms with Crippen LogP contribution >= 0.6 is 11.8 Å². The summed E-state index contributed by atoms with van der Waals surface area (Å²) in [7, 11) is 0. The number of nitrogens with zero attached hydrogens (tertiary/aromatic N) is 2. The number of hydrogen-bond donors (Lipinski definition) is 1. The number of anilines is 1. The van der Waals surface area contributed by atoms with Crippen LogP contribution in [0, 0.1) is 13.8 Å². The third-order valence-corrected chi connectivity index (χ3v) is 4.76. The first-order chi connectivity index (χ1) is 11.1. The van der Waals surface area contributed by atoms with Gasteiger partial charge < -0.3 is 14.7 Å². The number of amides is 2. The molecule has 7 heteroatoms. The van der Waals surface area contributed by atoms with Gasteiger partial charge in [-0.05, 0) is 26.0 Å². The first-order valence-electron chi connectivity index (χ1n) is 7.25. The van der Waals surface area contributed by atoms with Crippen molar-refractivity contribution in [3.8, 4) is 0 Å². The van der Waals surface area contributed by atoms with Crippen molar-refractivity contribution in [1.29, 1.82) is 0 Å². The molecule has 120 valence electrons. The van der Waals surface area contributed by atoms with Gasteiger partial charge in [-0.3, -0.25) is 9.59 Å². The maximum absolute atomic E-state index is 12.6. The number of benzene rings is 1. The first-order valence-corrected chi connectivity index (χ1v) is 8.41. The molecule has 0 saturated carbocycles. The minimum absolute atomic E-state index is 0.130. The summed E-state index contributed by atoms with van der Waals surface area (Å²) in [4.78, 5) is 26.8. The zero-order valence-corrected chi connectivity index (χ0v) is 13.7. The van der Waals surface area contributed by atoms with Gasteiger partial charge in [-0.15, -0.1) is 11.8 Å². The molecule has 1 saturated heterocycles. The van der Waals surface area contributed by atoms with E-state index in [1.807, 2.05) is 18.2 Å². The molecule has 0 aliphatic carbocycles. The zero-order valence-electron chi connectivity index (χ0n) is 12.9. The zero-order chi connectivity index (χ0) is 16.4. The summed E-state index contributed by atoms with van der Waals surface area (Å²) in [5.74, 6) is 1.30. The van der Waals surface area contributed by atoms with Crippen LogP contribution in [0.2, 0.25) is 0 Å². The van der Waals surface area contributed by atoms with Crippen LogP contribution in [0.1, 0.15) is 21.8 Å². The topological polar surface area (TPSA) is 75.4 Å². The minimum atomic E-state index is -0.499. The fourth-order valence-electron chi connectivity index (χ4n) is 2.47. The second-order valence-electron chi connectivity index (χ2n) is 5.35. The average Bonchev–Trinajstić information content (AvgIpc) is 3.17. The Bertz CT molecular complexity index is 710. The SMILES string of the molecule is Cc1noc(C)c1NC(=O)[C@@H]1CSCN1C(=O)c1ccccc1. The molecule has 0 spiro atoms. The summed E-state index contributed by atoms with van der Waals surface area (Å²) < 4.78 is 5.05. The summed E-state index contributed by atoms with van der Waals surface area (Å²) in [5, 5.41) is 6.66. The monoisotopic (exact) mass is 331 g/mol. The molecule has 0 radical (unpaired) electrons. The van der Waals surface area contributed by atoms with E-state index in [1.54, 1.807) is 42.6 Å². The molecule has 1 aliphatic heterocycles. The molecule has 1 aliphatic rings. The van der Waals surface area contributed by atoms with Crippen LogP contribution in [-0.4, -0.2) is 39.5 Å². The lowest BCUT2D eigenvalue weighted by Gasteiger charge is -2.23. The lowest BCUT2D eigenvalue weighted by atomic mass is 10.1. The Morgan fingerprint density at radius 2 is 2.04 bits per heavy atom. The number of rotatable bonds is 3. The second-order valence-corrected chi connectivity index (χ2v) is 6.34. The van der Waals surface area contributed by atoms with E-state index in [0.717, 1.165) is 0 Å². The van der Waals surface area contributed by atoms with E-state index >= 15 is 0 Å². The first kappa shape index (κ1) is 15.6. The Morgan fingerprint density at radius 1 is 1.30 bits per heavy atom. The molecule has 0 unspecified atom stereocenters. The number of nitrogens with one attached hydrogen (secondary N) is 1. The second kappa shape index (κ2) is 6.45. The molecule has 2 amide bonds. The minimum Gasteiger partial charge on any atom is -0.359 e. The van der Waals surface area contributed by atoms with Gasteiger partial charge in [0.05, 0.1) is 5.88 Å². The molecule has 2 heterocycles. The molecule has 1 fully saturated rings. The van der Waals surface area contributed by atoms with E-state index in [2.05, 4.69) is 10.5 Å². The fraction of sp³-hybridized carbons (Fsp3) is 0.312. The van der Waals surface area contributed by atoms with Gasteiger partial charge in [0.1, 0.15) is 17.4 Å². The van der Waals surface area contributed by atoms with Gasteiger partial charge in [0, 0.05) is 11.3 Å². The summed E-state index contributed by atoms with van der Waals surface area (Å²) in [5.41, 5.74) is 1.80. The predicted octanol–water partition coefficient (Wildman–Crippen LogP) is 2.45. The number of carbonyl (C=O) groups is 2. The number of carbonyl (C=O) groups excluding carboxylic acids is 2. The summed E-state index contributed by atoms with van der Waals surface area (Å²) in [6, 6.07) is 8.51. The van der Waals surface area contributed by atoms with Gasteiger partial charge in [0.25, 0.3) is 5.91 Å². The summed E-state index contributed by atoms with van der Waals surface area (Å²) >= 11 is 1.57. The van der Waals surface area contributed by atoms with Crippen molar-refractivity contribution in [3.05, 3.63) is 47.3 Å². The molecule has 2 aromatic rings. The number of hydrogen-bond acceptors (Lipinski definition) is 5. The molecule has 1 atom stereocenters. The number of aryl methyl sites for hydroxylation is 2. The van der Waals surface area contributed by atoms with E-state index in [-0.39, 0.29) is 11.8 Å². The predicted molar refractivity (Wildman–Crippen MR) is 88.3 cm³/mol. The van der Waals surface area contributed by atoms with Gasteiger partial charge in [-0.2, -0.15) is 0 Å². The Hall–Kier alpha value is -2.28. The Balaban J connectivity index is 1.76. The maximum Gasteiger partial charge on any atom is 0.255 e. The lowest BCUT2D eigenvalue weighted by molar-refractivity contribution is -0.119. The van der Waals surface area contributed by atoms with E-state index in [9.17, 15) is 9.59 Å². The highest BCUT2D eigenvalue weighted by molar-refractivity contribution is 7.99. The largest absolute Gasteiger partial charge is 0.359 e. The maximum atomic E-state index is 12.6. The highest BCUT2D eigenvalue weighted by atomic mass is 32.2. The molecular weight excluding hydrogens is 314 g/mol. The average molecular weight is 331 g/mol. The van der Waals surface area contributed by atoms with Crippen molar-refractivity contribution >= 4 is 29.3 Å². The van der Waals surface area contributed by atoms with Gasteiger partial charge in [0.15, 0.2) is 5.76 Å². The van der Waals surface area contributed by atoms with E-state index < -0.39 is 6.04 Å². The Morgan fingerprint density at radius 3 is 2.70 bits per heavy atom. The third kappa shape index (κ3) is 3.10. The van der Waals surface area contributed by atoms with Gasteiger partial charge in [0.2, 0.25) is 5.91 Å². The van der Waals surface area contributed by atoms with Gasteiger partial charge in [-0.25, -0.2) is 0 Å². The van der Waals surface area contributed by atoms with Crippen LogP contribution in [0.25, 0.3) is 0 Å². The van der Waals surface area contributed by atoms with E-state index in [0.29, 0.717) is 34.3 Å². The number of aromatic nitrogens is 1. The Kier molecular flexibility index (Phi) is 4.38. The van der Waals surface area contributed by atoms with Gasteiger partial charge >= 0.3 is 0 Å². The molecule has 0 bridgehead atoms. The number of thioether (sulfide) groups is 1. The van der Waals surface area contributed by atoms with Crippen molar-refractivity contribution in [2.24, 2.45) is 0 Å². The van der Waals surface area contributed by atoms with Crippen molar-refractivity contribution in [2.75, 3.05) is 16.9 Å². The Labute approximate surface area is 138 Å². The fourth-order valence-corrected chi connectivity index (χ4v) is 3.63. The quantitative estimate of drug-likeness (QED) is 0.935. The van der Waals surface area contributed by atoms with E-state index in [1.165, 1.54) is 0 Å².